The van der Waals surface area contributed by atoms with Crippen LogP contribution in [0.15, 0.2) is 51.7 Å². The van der Waals surface area contributed by atoms with E-state index < -0.39 is 0 Å². The van der Waals surface area contributed by atoms with Crippen molar-refractivity contribution in [2.24, 2.45) is 0 Å². The van der Waals surface area contributed by atoms with Crippen LogP contribution >= 0.6 is 0 Å². The van der Waals surface area contributed by atoms with Crippen LogP contribution in [0.4, 0.5) is 0 Å². The Hall–Kier alpha value is -2.55. The Balaban J connectivity index is 2.17. The van der Waals surface area contributed by atoms with Crippen molar-refractivity contribution in [3.05, 3.63) is 64.0 Å². The van der Waals surface area contributed by atoms with Crippen LogP contribution in [0.2, 0.25) is 0 Å². The number of ether oxygens (including phenoxy) is 1. The van der Waals surface area contributed by atoms with Crippen molar-refractivity contribution in [2.75, 3.05) is 0 Å². The number of hydrogen-bond donors (Lipinski definition) is 0. The molecule has 0 aliphatic heterocycles. The summed E-state index contributed by atoms with van der Waals surface area (Å²) in [5.41, 5.74) is 4.35. The van der Waals surface area contributed by atoms with Crippen LogP contribution in [0, 0.1) is 13.8 Å². The predicted octanol–water partition coefficient (Wildman–Crippen LogP) is 4.86. The van der Waals surface area contributed by atoms with E-state index in [1.165, 1.54) is 0 Å². The van der Waals surface area contributed by atoms with E-state index in [2.05, 4.69) is 6.07 Å². The zero-order chi connectivity index (χ0) is 16.6. The molecular formula is C20H20O3. The van der Waals surface area contributed by atoms with Crippen LogP contribution < -0.4 is 10.4 Å². The Morgan fingerprint density at radius 1 is 1.00 bits per heavy atom. The summed E-state index contributed by atoms with van der Waals surface area (Å²) in [5.74, 6) is 0.823. The molecule has 0 atom stereocenters. The van der Waals surface area contributed by atoms with Gasteiger partial charge in [0.25, 0.3) is 0 Å². The summed E-state index contributed by atoms with van der Waals surface area (Å²) >= 11 is 0. The maximum atomic E-state index is 11.9. The SMILES string of the molecule is Cc1cc(C)c2c(-c3ccc(OC(C)C)cc3)cc(=O)oc2c1. The third-order valence-electron chi connectivity index (χ3n) is 3.72. The fraction of sp³-hybridized carbons (Fsp3) is 0.250. The first-order valence-electron chi connectivity index (χ1n) is 7.76. The van der Waals surface area contributed by atoms with Gasteiger partial charge in [0.2, 0.25) is 0 Å². The smallest absolute Gasteiger partial charge is 0.336 e. The minimum atomic E-state index is -0.333. The summed E-state index contributed by atoms with van der Waals surface area (Å²) in [5, 5.41) is 0.979. The lowest BCUT2D eigenvalue weighted by Crippen LogP contribution is -2.05. The molecular weight excluding hydrogens is 288 g/mol. The molecule has 1 heterocycles. The van der Waals surface area contributed by atoms with Crippen LogP contribution in [-0.4, -0.2) is 6.10 Å². The number of aryl methyl sites for hydroxylation is 2. The molecule has 2 aromatic carbocycles. The van der Waals surface area contributed by atoms with Gasteiger partial charge in [0.1, 0.15) is 11.3 Å². The van der Waals surface area contributed by atoms with Gasteiger partial charge in [0.15, 0.2) is 0 Å². The topological polar surface area (TPSA) is 39.4 Å². The highest BCUT2D eigenvalue weighted by Crippen LogP contribution is 2.31. The molecule has 0 N–H and O–H groups in total. The third kappa shape index (κ3) is 3.14. The number of rotatable bonds is 3. The summed E-state index contributed by atoms with van der Waals surface area (Å²) in [7, 11) is 0. The van der Waals surface area contributed by atoms with E-state index in [0.717, 1.165) is 33.4 Å². The van der Waals surface area contributed by atoms with Crippen LogP contribution in [0.25, 0.3) is 22.1 Å². The van der Waals surface area contributed by atoms with Crippen molar-refractivity contribution in [1.29, 1.82) is 0 Å². The lowest BCUT2D eigenvalue weighted by atomic mass is 9.97. The first-order chi connectivity index (χ1) is 10.9. The maximum absolute atomic E-state index is 11.9. The molecule has 1 aromatic heterocycles. The molecule has 0 amide bonds. The second kappa shape index (κ2) is 5.92. The fourth-order valence-corrected chi connectivity index (χ4v) is 2.90. The Morgan fingerprint density at radius 3 is 2.35 bits per heavy atom. The van der Waals surface area contributed by atoms with Gasteiger partial charge in [-0.2, -0.15) is 0 Å². The molecule has 3 rings (SSSR count). The van der Waals surface area contributed by atoms with Gasteiger partial charge in [-0.25, -0.2) is 4.79 Å². The van der Waals surface area contributed by atoms with Crippen molar-refractivity contribution in [3.63, 3.8) is 0 Å². The first-order valence-corrected chi connectivity index (χ1v) is 7.76. The lowest BCUT2D eigenvalue weighted by molar-refractivity contribution is 0.242. The van der Waals surface area contributed by atoms with Crippen molar-refractivity contribution >= 4 is 11.0 Å². The summed E-state index contributed by atoms with van der Waals surface area (Å²) in [6.07, 6.45) is 0.135. The highest BCUT2D eigenvalue weighted by molar-refractivity contribution is 5.95. The van der Waals surface area contributed by atoms with Crippen molar-refractivity contribution in [3.8, 4) is 16.9 Å². The van der Waals surface area contributed by atoms with E-state index in [1.807, 2.05) is 58.0 Å². The largest absolute Gasteiger partial charge is 0.491 e. The third-order valence-corrected chi connectivity index (χ3v) is 3.72. The second-order valence-corrected chi connectivity index (χ2v) is 6.13. The Bertz CT molecular complexity index is 903. The van der Waals surface area contributed by atoms with Crippen LogP contribution in [0.1, 0.15) is 25.0 Å². The summed E-state index contributed by atoms with van der Waals surface area (Å²) in [4.78, 5) is 11.9. The van der Waals surface area contributed by atoms with Gasteiger partial charge >= 0.3 is 5.63 Å². The average Bonchev–Trinajstić information content (AvgIpc) is 2.45. The summed E-state index contributed by atoms with van der Waals surface area (Å²) in [6, 6.07) is 13.4. The van der Waals surface area contributed by atoms with E-state index >= 15 is 0 Å². The molecule has 0 bridgehead atoms. The second-order valence-electron chi connectivity index (χ2n) is 6.13. The quantitative estimate of drug-likeness (QED) is 0.648. The van der Waals surface area contributed by atoms with Gasteiger partial charge in [-0.15, -0.1) is 0 Å². The van der Waals surface area contributed by atoms with Crippen LogP contribution in [0.3, 0.4) is 0 Å². The van der Waals surface area contributed by atoms with E-state index in [-0.39, 0.29) is 11.7 Å². The minimum absolute atomic E-state index is 0.135. The highest BCUT2D eigenvalue weighted by atomic mass is 16.5. The van der Waals surface area contributed by atoms with Crippen LogP contribution in [-0.2, 0) is 0 Å². The molecule has 0 fully saturated rings. The monoisotopic (exact) mass is 308 g/mol. The van der Waals surface area contributed by atoms with Crippen molar-refractivity contribution in [1.82, 2.24) is 0 Å². The predicted molar refractivity (Wildman–Crippen MR) is 93.2 cm³/mol. The van der Waals surface area contributed by atoms with E-state index in [0.29, 0.717) is 5.58 Å². The molecule has 0 radical (unpaired) electrons. The fourth-order valence-electron chi connectivity index (χ4n) is 2.90. The number of benzene rings is 2. The Kier molecular flexibility index (Phi) is 3.95. The zero-order valence-electron chi connectivity index (χ0n) is 13.8. The summed E-state index contributed by atoms with van der Waals surface area (Å²) in [6.45, 7) is 8.03. The maximum Gasteiger partial charge on any atom is 0.336 e. The van der Waals surface area contributed by atoms with Gasteiger partial charge in [-0.3, -0.25) is 0 Å². The first kappa shape index (κ1) is 15.3. The molecule has 0 aliphatic carbocycles. The van der Waals surface area contributed by atoms with Gasteiger partial charge in [0, 0.05) is 17.0 Å². The minimum Gasteiger partial charge on any atom is -0.491 e. The Morgan fingerprint density at radius 2 is 1.70 bits per heavy atom. The van der Waals surface area contributed by atoms with Crippen LogP contribution in [0.5, 0.6) is 5.75 Å². The highest BCUT2D eigenvalue weighted by Gasteiger charge is 2.11. The molecule has 0 aliphatic rings. The van der Waals surface area contributed by atoms with E-state index in [1.54, 1.807) is 6.07 Å². The molecule has 0 saturated heterocycles. The van der Waals surface area contributed by atoms with Gasteiger partial charge < -0.3 is 9.15 Å². The van der Waals surface area contributed by atoms with Crippen molar-refractivity contribution < 1.29 is 9.15 Å². The average molecular weight is 308 g/mol. The Labute approximate surface area is 135 Å². The van der Waals surface area contributed by atoms with Gasteiger partial charge in [0.05, 0.1) is 6.10 Å². The zero-order valence-corrected chi connectivity index (χ0v) is 13.8. The number of hydrogen-bond acceptors (Lipinski definition) is 3. The molecule has 0 saturated carbocycles. The summed E-state index contributed by atoms with van der Waals surface area (Å²) < 4.78 is 11.1. The molecule has 3 heteroatoms. The standard InChI is InChI=1S/C20H20O3/c1-12(2)22-16-7-5-15(6-8-16)17-11-19(21)23-18-10-13(3)9-14(4)20(17)18/h5-12H,1-4H3. The molecule has 0 unspecified atom stereocenters. The lowest BCUT2D eigenvalue weighted by Gasteiger charge is -2.12. The van der Waals surface area contributed by atoms with E-state index in [4.69, 9.17) is 9.15 Å². The number of fused-ring (bicyclic) bond motifs is 1. The van der Waals surface area contributed by atoms with E-state index in [9.17, 15) is 4.79 Å². The van der Waals surface area contributed by atoms with Gasteiger partial charge in [-0.05, 0) is 62.6 Å². The molecule has 0 spiro atoms. The molecule has 118 valence electrons. The molecule has 3 nitrogen and oxygen atoms in total. The van der Waals surface area contributed by atoms with Crippen molar-refractivity contribution in [2.45, 2.75) is 33.8 Å². The molecule has 3 aromatic rings. The normalized spacial score (nSPS) is 11.2. The van der Waals surface area contributed by atoms with Gasteiger partial charge in [-0.1, -0.05) is 18.2 Å². The molecule has 23 heavy (non-hydrogen) atoms.